The summed E-state index contributed by atoms with van der Waals surface area (Å²) in [6.07, 6.45) is 2.37. The van der Waals surface area contributed by atoms with Crippen molar-refractivity contribution in [2.45, 2.75) is 31.4 Å². The minimum Gasteiger partial charge on any atom is -0.480 e. The van der Waals surface area contributed by atoms with Crippen LogP contribution in [0.4, 0.5) is 0 Å². The van der Waals surface area contributed by atoms with Crippen LogP contribution in [0.15, 0.2) is 0 Å². The summed E-state index contributed by atoms with van der Waals surface area (Å²) in [5.41, 5.74) is 0. The van der Waals surface area contributed by atoms with Gasteiger partial charge in [-0.3, -0.25) is 9.69 Å². The summed E-state index contributed by atoms with van der Waals surface area (Å²) in [5, 5.41) is 17.9. The second-order valence-corrected chi connectivity index (χ2v) is 3.37. The van der Waals surface area contributed by atoms with Crippen LogP contribution in [0, 0.1) is 0 Å². The monoisotopic (exact) mass is 173 g/mol. The molecule has 1 rings (SSSR count). The zero-order chi connectivity index (χ0) is 9.14. The van der Waals surface area contributed by atoms with Crippen molar-refractivity contribution in [2.75, 3.05) is 13.6 Å². The highest BCUT2D eigenvalue weighted by atomic mass is 16.4. The van der Waals surface area contributed by atoms with Crippen molar-refractivity contribution < 1.29 is 15.0 Å². The van der Waals surface area contributed by atoms with Crippen molar-refractivity contribution in [3.8, 4) is 0 Å². The van der Waals surface area contributed by atoms with Crippen LogP contribution >= 0.6 is 0 Å². The number of nitrogens with zero attached hydrogens (tertiary/aromatic N) is 1. The summed E-state index contributed by atoms with van der Waals surface area (Å²) < 4.78 is 0. The van der Waals surface area contributed by atoms with Crippen molar-refractivity contribution in [3.63, 3.8) is 0 Å². The molecule has 1 saturated carbocycles. The quantitative estimate of drug-likeness (QED) is 0.626. The lowest BCUT2D eigenvalue weighted by Crippen LogP contribution is -2.40. The Balaban J connectivity index is 2.40. The number of carboxylic acids is 1. The van der Waals surface area contributed by atoms with Crippen molar-refractivity contribution in [3.05, 3.63) is 0 Å². The van der Waals surface area contributed by atoms with Gasteiger partial charge in [-0.2, -0.15) is 0 Å². The molecule has 0 bridgehead atoms. The number of carboxylic acid groups (broad SMARTS) is 1. The molecule has 4 heteroatoms. The largest absolute Gasteiger partial charge is 0.480 e. The van der Waals surface area contributed by atoms with E-state index < -0.39 is 5.97 Å². The maximum atomic E-state index is 10.3. The molecule has 0 aromatic rings. The Bertz CT molecular complexity index is 172. The summed E-state index contributed by atoms with van der Waals surface area (Å²) >= 11 is 0. The zero-order valence-electron chi connectivity index (χ0n) is 7.23. The number of carbonyl (C=O) groups is 1. The van der Waals surface area contributed by atoms with Gasteiger partial charge < -0.3 is 10.2 Å². The van der Waals surface area contributed by atoms with Crippen LogP contribution in [-0.4, -0.2) is 46.8 Å². The molecular weight excluding hydrogens is 158 g/mol. The normalized spacial score (nSPS) is 29.6. The minimum absolute atomic E-state index is 0.0156. The van der Waals surface area contributed by atoms with Crippen molar-refractivity contribution in [2.24, 2.45) is 0 Å². The fourth-order valence-electron chi connectivity index (χ4n) is 1.77. The Morgan fingerprint density at radius 2 is 2.25 bits per heavy atom. The maximum absolute atomic E-state index is 10.3. The molecule has 2 atom stereocenters. The Kier molecular flexibility index (Phi) is 3.05. The lowest BCUT2D eigenvalue weighted by Gasteiger charge is -2.24. The van der Waals surface area contributed by atoms with Gasteiger partial charge in [0.05, 0.1) is 12.6 Å². The van der Waals surface area contributed by atoms with Gasteiger partial charge in [0.25, 0.3) is 0 Å². The Hall–Kier alpha value is -0.610. The molecule has 1 fully saturated rings. The second-order valence-electron chi connectivity index (χ2n) is 3.37. The van der Waals surface area contributed by atoms with Gasteiger partial charge >= 0.3 is 5.97 Å². The Morgan fingerprint density at radius 3 is 2.67 bits per heavy atom. The summed E-state index contributed by atoms with van der Waals surface area (Å²) in [5.74, 6) is -0.836. The fraction of sp³-hybridized carbons (Fsp3) is 0.875. The topological polar surface area (TPSA) is 60.8 Å². The first-order valence-corrected chi connectivity index (χ1v) is 4.21. The van der Waals surface area contributed by atoms with Crippen LogP contribution in [0.3, 0.4) is 0 Å². The van der Waals surface area contributed by atoms with E-state index in [0.717, 1.165) is 19.3 Å². The first-order chi connectivity index (χ1) is 5.61. The summed E-state index contributed by atoms with van der Waals surface area (Å²) in [4.78, 5) is 12.1. The number of aliphatic carboxylic acids is 1. The van der Waals surface area contributed by atoms with E-state index in [1.165, 1.54) is 0 Å². The van der Waals surface area contributed by atoms with Gasteiger partial charge in [-0.1, -0.05) is 0 Å². The third kappa shape index (κ3) is 2.19. The number of rotatable bonds is 3. The van der Waals surface area contributed by atoms with E-state index in [1.807, 2.05) is 0 Å². The molecular formula is C8H15NO3. The highest BCUT2D eigenvalue weighted by Crippen LogP contribution is 2.22. The summed E-state index contributed by atoms with van der Waals surface area (Å²) in [6.45, 7) is 0.0156. The fourth-order valence-corrected chi connectivity index (χ4v) is 1.77. The summed E-state index contributed by atoms with van der Waals surface area (Å²) in [6, 6.07) is 0.0427. The van der Waals surface area contributed by atoms with Gasteiger partial charge in [-0.25, -0.2) is 0 Å². The molecule has 0 saturated heterocycles. The molecule has 0 unspecified atom stereocenters. The molecule has 0 aromatic heterocycles. The van der Waals surface area contributed by atoms with Crippen LogP contribution in [0.25, 0.3) is 0 Å². The number of hydrogen-bond donors (Lipinski definition) is 2. The first kappa shape index (κ1) is 9.48. The number of hydrogen-bond acceptors (Lipinski definition) is 3. The molecule has 0 amide bonds. The Morgan fingerprint density at radius 1 is 1.58 bits per heavy atom. The number of aliphatic hydroxyl groups is 1. The van der Waals surface area contributed by atoms with Gasteiger partial charge in [0.2, 0.25) is 0 Å². The first-order valence-electron chi connectivity index (χ1n) is 4.21. The zero-order valence-corrected chi connectivity index (χ0v) is 7.23. The van der Waals surface area contributed by atoms with Crippen molar-refractivity contribution >= 4 is 5.97 Å². The molecule has 0 radical (unpaired) electrons. The average molecular weight is 173 g/mol. The van der Waals surface area contributed by atoms with Crippen molar-refractivity contribution in [1.82, 2.24) is 4.90 Å². The minimum atomic E-state index is -0.836. The van der Waals surface area contributed by atoms with Gasteiger partial charge in [0, 0.05) is 6.04 Å². The molecule has 4 nitrogen and oxygen atoms in total. The van der Waals surface area contributed by atoms with Crippen LogP contribution in [0.5, 0.6) is 0 Å². The molecule has 0 aliphatic heterocycles. The van der Waals surface area contributed by atoms with Gasteiger partial charge in [-0.15, -0.1) is 0 Å². The molecule has 0 spiro atoms. The van der Waals surface area contributed by atoms with E-state index in [-0.39, 0.29) is 18.7 Å². The van der Waals surface area contributed by atoms with Crippen LogP contribution in [0.2, 0.25) is 0 Å². The predicted octanol–water partition coefficient (Wildman–Crippen LogP) is -0.0838. The van der Waals surface area contributed by atoms with Crippen LogP contribution in [0.1, 0.15) is 19.3 Å². The van der Waals surface area contributed by atoms with Gasteiger partial charge in [0.15, 0.2) is 0 Å². The summed E-state index contributed by atoms with van der Waals surface area (Å²) in [7, 11) is 1.74. The highest BCUT2D eigenvalue weighted by Gasteiger charge is 2.29. The maximum Gasteiger partial charge on any atom is 0.317 e. The van der Waals surface area contributed by atoms with Crippen LogP contribution < -0.4 is 0 Å². The van der Waals surface area contributed by atoms with E-state index >= 15 is 0 Å². The van der Waals surface area contributed by atoms with E-state index in [4.69, 9.17) is 5.11 Å². The van der Waals surface area contributed by atoms with Gasteiger partial charge in [0.1, 0.15) is 0 Å². The van der Waals surface area contributed by atoms with Crippen LogP contribution in [-0.2, 0) is 4.79 Å². The molecule has 70 valence electrons. The Labute approximate surface area is 71.8 Å². The molecule has 0 aromatic carbocycles. The predicted molar refractivity (Wildman–Crippen MR) is 43.9 cm³/mol. The highest BCUT2D eigenvalue weighted by molar-refractivity contribution is 5.69. The SMILES string of the molecule is CN(CC(=O)O)[C@@H]1CCC[C@@H]1O. The van der Waals surface area contributed by atoms with E-state index in [0.29, 0.717) is 0 Å². The van der Waals surface area contributed by atoms with E-state index in [1.54, 1.807) is 11.9 Å². The molecule has 2 N–H and O–H groups in total. The lowest BCUT2D eigenvalue weighted by atomic mass is 10.2. The van der Waals surface area contributed by atoms with E-state index in [9.17, 15) is 9.90 Å². The molecule has 0 heterocycles. The smallest absolute Gasteiger partial charge is 0.317 e. The lowest BCUT2D eigenvalue weighted by molar-refractivity contribution is -0.138. The standard InChI is InChI=1S/C8H15NO3/c1-9(5-8(11)12)6-3-2-4-7(6)10/h6-7,10H,2-5H2,1H3,(H,11,12)/t6-,7+/m1/s1. The van der Waals surface area contributed by atoms with Gasteiger partial charge in [-0.05, 0) is 26.3 Å². The number of likely N-dealkylation sites (N-methyl/N-ethyl adjacent to an activating group) is 1. The third-order valence-electron chi connectivity index (χ3n) is 2.39. The molecule has 1 aliphatic rings. The van der Waals surface area contributed by atoms with Crippen molar-refractivity contribution in [1.29, 1.82) is 0 Å². The second kappa shape index (κ2) is 3.87. The average Bonchev–Trinajstić information content (AvgIpc) is 2.33. The van der Waals surface area contributed by atoms with E-state index in [2.05, 4.69) is 0 Å². The molecule has 1 aliphatic carbocycles. The number of aliphatic hydroxyl groups excluding tert-OH is 1. The third-order valence-corrected chi connectivity index (χ3v) is 2.39. The molecule has 12 heavy (non-hydrogen) atoms.